The lowest BCUT2D eigenvalue weighted by Crippen LogP contribution is -2.34. The van der Waals surface area contributed by atoms with Crippen LogP contribution in [-0.4, -0.2) is 44.3 Å². The van der Waals surface area contributed by atoms with Gasteiger partial charge in [-0.05, 0) is 87.2 Å². The van der Waals surface area contributed by atoms with Crippen LogP contribution in [0.4, 0.5) is 10.2 Å². The minimum atomic E-state index is -0.551. The van der Waals surface area contributed by atoms with E-state index in [-0.39, 0.29) is 17.8 Å². The molecule has 1 amide bonds. The molecule has 3 fully saturated rings. The van der Waals surface area contributed by atoms with Crippen molar-refractivity contribution in [2.24, 2.45) is 17.6 Å². The molecule has 3 N–H and O–H groups in total. The normalized spacial score (nSPS) is 22.3. The lowest BCUT2D eigenvalue weighted by molar-refractivity contribution is 0.0773. The van der Waals surface area contributed by atoms with Gasteiger partial charge in [0.25, 0.3) is 5.91 Å². The number of aromatic nitrogens is 3. The van der Waals surface area contributed by atoms with Gasteiger partial charge in [0.2, 0.25) is 0 Å². The van der Waals surface area contributed by atoms with Gasteiger partial charge in [0, 0.05) is 60.4 Å². The second-order valence-corrected chi connectivity index (χ2v) is 12.1. The van der Waals surface area contributed by atoms with Gasteiger partial charge in [-0.1, -0.05) is 0 Å². The molecule has 2 aliphatic carbocycles. The molecule has 1 saturated heterocycles. The number of nitrogens with two attached hydrogens (primary N) is 1. The Hall–Kier alpha value is -3.78. The van der Waals surface area contributed by atoms with E-state index in [1.165, 1.54) is 25.0 Å². The number of benzene rings is 1. The highest BCUT2D eigenvalue weighted by atomic mass is 19.1. The van der Waals surface area contributed by atoms with Crippen molar-refractivity contribution < 1.29 is 9.18 Å². The third-order valence-electron chi connectivity index (χ3n) is 8.50. The second-order valence-electron chi connectivity index (χ2n) is 12.1. The maximum Gasteiger partial charge on any atom is 0.255 e. The predicted octanol–water partition coefficient (Wildman–Crippen LogP) is 5.10. The molecule has 1 unspecified atom stereocenters. The molecule has 7 nitrogen and oxygen atoms in total. The van der Waals surface area contributed by atoms with E-state index < -0.39 is 5.54 Å². The number of anilines is 1. The minimum Gasteiger partial charge on any atom is -0.367 e. The molecule has 4 heterocycles. The van der Waals surface area contributed by atoms with E-state index in [1.807, 2.05) is 54.5 Å². The van der Waals surface area contributed by atoms with Crippen LogP contribution in [0.1, 0.15) is 59.8 Å². The van der Waals surface area contributed by atoms with Gasteiger partial charge in [0.15, 0.2) is 0 Å². The topological polar surface area (TPSA) is 88.5 Å². The SMILES string of the molecule is Cc1cc(C(=O)N2C[C@@H]3C(Nc4cc(C(C)(C)N)cc(-c5ccc(F)cc5)n4)[C@@H]3C2)cn2cc(C3CC3)nc12. The molecule has 3 aromatic heterocycles. The smallest absolute Gasteiger partial charge is 0.255 e. The summed E-state index contributed by atoms with van der Waals surface area (Å²) in [6.07, 6.45) is 6.43. The third kappa shape index (κ3) is 4.46. The number of nitrogens with zero attached hydrogens (tertiary/aromatic N) is 4. The Morgan fingerprint density at radius 3 is 2.44 bits per heavy atom. The molecular weight excluding hydrogens is 491 g/mol. The van der Waals surface area contributed by atoms with Crippen molar-refractivity contribution >= 4 is 17.4 Å². The third-order valence-corrected chi connectivity index (χ3v) is 8.50. The number of carbonyl (C=O) groups excluding carboxylic acids is 1. The van der Waals surface area contributed by atoms with E-state index in [1.54, 1.807) is 12.1 Å². The van der Waals surface area contributed by atoms with Crippen LogP contribution in [0.5, 0.6) is 0 Å². The van der Waals surface area contributed by atoms with Crippen LogP contribution >= 0.6 is 0 Å². The number of amides is 1. The number of imidazole rings is 1. The first kappa shape index (κ1) is 24.3. The van der Waals surface area contributed by atoms with Crippen molar-refractivity contribution in [3.63, 3.8) is 0 Å². The molecule has 7 rings (SSSR count). The maximum atomic E-state index is 13.5. The Kier molecular flexibility index (Phi) is 5.36. The molecule has 39 heavy (non-hydrogen) atoms. The van der Waals surface area contributed by atoms with E-state index in [9.17, 15) is 9.18 Å². The fourth-order valence-electron chi connectivity index (χ4n) is 5.99. The number of nitrogens with one attached hydrogen (secondary N) is 1. The molecule has 0 spiro atoms. The average Bonchev–Trinajstić information content (AvgIpc) is 3.75. The fraction of sp³-hybridized carbons (Fsp3) is 0.387. The number of fused-ring (bicyclic) bond motifs is 2. The number of piperidine rings is 1. The zero-order valence-corrected chi connectivity index (χ0v) is 22.5. The predicted molar refractivity (Wildman–Crippen MR) is 149 cm³/mol. The Morgan fingerprint density at radius 1 is 1.05 bits per heavy atom. The van der Waals surface area contributed by atoms with Gasteiger partial charge in [-0.25, -0.2) is 14.4 Å². The summed E-state index contributed by atoms with van der Waals surface area (Å²) in [4.78, 5) is 25.0. The lowest BCUT2D eigenvalue weighted by atomic mass is 9.94. The van der Waals surface area contributed by atoms with Gasteiger partial charge in [-0.15, -0.1) is 0 Å². The number of rotatable bonds is 6. The van der Waals surface area contributed by atoms with Gasteiger partial charge in [0.05, 0.1) is 17.0 Å². The van der Waals surface area contributed by atoms with Crippen LogP contribution in [0.3, 0.4) is 0 Å². The largest absolute Gasteiger partial charge is 0.367 e. The number of pyridine rings is 2. The minimum absolute atomic E-state index is 0.0798. The molecular formula is C31H33FN6O. The first-order valence-electron chi connectivity index (χ1n) is 13.8. The number of hydrogen-bond acceptors (Lipinski definition) is 5. The first-order valence-corrected chi connectivity index (χ1v) is 13.8. The van der Waals surface area contributed by atoms with Crippen LogP contribution in [0, 0.1) is 24.6 Å². The van der Waals surface area contributed by atoms with Crippen LogP contribution < -0.4 is 11.1 Å². The van der Waals surface area contributed by atoms with E-state index in [0.717, 1.165) is 52.6 Å². The van der Waals surface area contributed by atoms with Crippen LogP contribution in [0.2, 0.25) is 0 Å². The summed E-state index contributed by atoms with van der Waals surface area (Å²) < 4.78 is 15.5. The molecule has 1 aliphatic heterocycles. The number of aryl methyl sites for hydroxylation is 1. The molecule has 1 aromatic carbocycles. The summed E-state index contributed by atoms with van der Waals surface area (Å²) in [6.45, 7) is 7.41. The molecule has 2 saturated carbocycles. The number of carbonyl (C=O) groups is 1. The van der Waals surface area contributed by atoms with E-state index >= 15 is 0 Å². The van der Waals surface area contributed by atoms with E-state index in [2.05, 4.69) is 11.5 Å². The maximum absolute atomic E-state index is 13.5. The standard InChI is InChI=1S/C31H33FN6O/c1-17-10-20(13-37-16-26(19-4-5-19)35-29(17)37)30(39)38-14-23-24(15-38)28(23)36-27-12-21(31(2,3)33)11-25(34-27)18-6-8-22(32)9-7-18/h6-13,16,19,23-24,28H,4-5,14-15,33H2,1-3H3,(H,34,36)/t23-,24+,28?. The fourth-order valence-corrected chi connectivity index (χ4v) is 5.99. The first-order chi connectivity index (χ1) is 18.6. The van der Waals surface area contributed by atoms with Gasteiger partial charge in [-0.2, -0.15) is 0 Å². The summed E-state index contributed by atoms with van der Waals surface area (Å²) >= 11 is 0. The summed E-state index contributed by atoms with van der Waals surface area (Å²) in [5.74, 6) is 1.92. The van der Waals surface area contributed by atoms with Crippen LogP contribution in [-0.2, 0) is 5.54 Å². The van der Waals surface area contributed by atoms with Crippen molar-refractivity contribution in [3.8, 4) is 11.3 Å². The average molecular weight is 525 g/mol. The summed E-state index contributed by atoms with van der Waals surface area (Å²) in [7, 11) is 0. The molecule has 3 aliphatic rings. The molecule has 3 atom stereocenters. The van der Waals surface area contributed by atoms with Crippen molar-refractivity contribution in [1.29, 1.82) is 0 Å². The monoisotopic (exact) mass is 524 g/mol. The summed E-state index contributed by atoms with van der Waals surface area (Å²) in [5.41, 5.74) is 12.3. The summed E-state index contributed by atoms with van der Waals surface area (Å²) in [6, 6.07) is 12.6. The quantitative estimate of drug-likeness (QED) is 0.367. The number of hydrogen-bond donors (Lipinski definition) is 2. The van der Waals surface area contributed by atoms with Gasteiger partial charge in [-0.3, -0.25) is 4.79 Å². The van der Waals surface area contributed by atoms with Gasteiger partial charge >= 0.3 is 0 Å². The Bertz CT molecular complexity index is 1590. The number of halogens is 1. The molecule has 0 bridgehead atoms. The van der Waals surface area contributed by atoms with Gasteiger partial charge in [0.1, 0.15) is 17.3 Å². The van der Waals surface area contributed by atoms with E-state index in [0.29, 0.717) is 23.3 Å². The molecule has 0 radical (unpaired) electrons. The Balaban J connectivity index is 1.06. The Morgan fingerprint density at radius 2 is 1.77 bits per heavy atom. The lowest BCUT2D eigenvalue weighted by Gasteiger charge is -2.23. The zero-order chi connectivity index (χ0) is 27.1. The highest BCUT2D eigenvalue weighted by Gasteiger charge is 2.57. The van der Waals surface area contributed by atoms with Crippen LogP contribution in [0.15, 0.2) is 54.9 Å². The summed E-state index contributed by atoms with van der Waals surface area (Å²) in [5, 5.41) is 3.61. The Labute approximate surface area is 227 Å². The van der Waals surface area contributed by atoms with Crippen molar-refractivity contribution in [3.05, 3.63) is 83.1 Å². The molecule has 200 valence electrons. The van der Waals surface area contributed by atoms with Crippen LogP contribution in [0.25, 0.3) is 16.9 Å². The molecule has 4 aromatic rings. The van der Waals surface area contributed by atoms with Crippen molar-refractivity contribution in [1.82, 2.24) is 19.3 Å². The second kappa shape index (κ2) is 8.61. The highest BCUT2D eigenvalue weighted by Crippen LogP contribution is 2.48. The molecule has 8 heteroatoms. The number of likely N-dealkylation sites (tertiary alicyclic amines) is 1. The van der Waals surface area contributed by atoms with Gasteiger partial charge < -0.3 is 20.4 Å². The van der Waals surface area contributed by atoms with Crippen molar-refractivity contribution in [2.75, 3.05) is 18.4 Å². The van der Waals surface area contributed by atoms with E-state index in [4.69, 9.17) is 15.7 Å². The zero-order valence-electron chi connectivity index (χ0n) is 22.5. The van der Waals surface area contributed by atoms with Crippen molar-refractivity contribution in [2.45, 2.75) is 51.1 Å². The highest BCUT2D eigenvalue weighted by molar-refractivity contribution is 5.95.